The third kappa shape index (κ3) is 5.76. The summed E-state index contributed by atoms with van der Waals surface area (Å²) in [4.78, 5) is 4.90. The molecule has 1 unspecified atom stereocenters. The normalized spacial score (nSPS) is 13.7. The highest BCUT2D eigenvalue weighted by Gasteiger charge is 1.95. The lowest BCUT2D eigenvalue weighted by Crippen LogP contribution is -2.26. The third-order valence-electron chi connectivity index (χ3n) is 1.08. The lowest BCUT2D eigenvalue weighted by atomic mass is 10.2. The van der Waals surface area contributed by atoms with Gasteiger partial charge in [0.25, 0.3) is 0 Å². The Labute approximate surface area is 56.5 Å². The Hall–Kier alpha value is -0.120. The monoisotopic (exact) mass is 132 g/mol. The van der Waals surface area contributed by atoms with Gasteiger partial charge in [-0.2, -0.15) is 0 Å². The van der Waals surface area contributed by atoms with Gasteiger partial charge in [0.05, 0.1) is 6.61 Å². The predicted octanol–water partition coefficient (Wildman–Crippen LogP) is 0.122. The Kier molecular flexibility index (Phi) is 5.93. The molecule has 9 heavy (non-hydrogen) atoms. The zero-order chi connectivity index (χ0) is 7.11. The molecule has 0 spiro atoms. The Morgan fingerprint density at radius 2 is 2.33 bits per heavy atom. The summed E-state index contributed by atoms with van der Waals surface area (Å²) in [5.41, 5.74) is 8.16. The number of hydrogen-bond donors (Lipinski definition) is 2. The van der Waals surface area contributed by atoms with Gasteiger partial charge in [-0.3, -0.25) is 0 Å². The van der Waals surface area contributed by atoms with Crippen LogP contribution < -0.4 is 11.2 Å². The summed E-state index contributed by atoms with van der Waals surface area (Å²) in [7, 11) is 0. The molecule has 1 atom stereocenters. The van der Waals surface area contributed by atoms with Crippen molar-refractivity contribution in [3.8, 4) is 0 Å². The minimum Gasteiger partial charge on any atom is -0.330 e. The number of nitrogens with one attached hydrogen (secondary N) is 1. The van der Waals surface area contributed by atoms with Gasteiger partial charge in [-0.1, -0.05) is 6.92 Å². The van der Waals surface area contributed by atoms with Crippen molar-refractivity contribution in [3.05, 3.63) is 0 Å². The first-order valence-electron chi connectivity index (χ1n) is 3.36. The van der Waals surface area contributed by atoms with Crippen molar-refractivity contribution in [1.82, 2.24) is 5.48 Å². The predicted molar refractivity (Wildman–Crippen MR) is 37.8 cm³/mol. The van der Waals surface area contributed by atoms with E-state index >= 15 is 0 Å². The van der Waals surface area contributed by atoms with E-state index in [1.807, 2.05) is 6.92 Å². The van der Waals surface area contributed by atoms with Gasteiger partial charge in [-0.25, -0.2) is 5.48 Å². The molecule has 0 radical (unpaired) electrons. The van der Waals surface area contributed by atoms with Gasteiger partial charge in [0, 0.05) is 6.54 Å². The van der Waals surface area contributed by atoms with Gasteiger partial charge in [0.2, 0.25) is 0 Å². The molecular weight excluding hydrogens is 116 g/mol. The van der Waals surface area contributed by atoms with Gasteiger partial charge in [-0.15, -0.1) is 0 Å². The second-order valence-electron chi connectivity index (χ2n) is 2.12. The van der Waals surface area contributed by atoms with Crippen LogP contribution in [0.2, 0.25) is 0 Å². The van der Waals surface area contributed by atoms with Crippen LogP contribution in [0.3, 0.4) is 0 Å². The average molecular weight is 132 g/mol. The average Bonchev–Trinajstić information content (AvgIpc) is 1.89. The molecule has 0 amide bonds. The highest BCUT2D eigenvalue weighted by Crippen LogP contribution is 1.85. The molecular formula is C6H16N2O. The van der Waals surface area contributed by atoms with Crippen LogP contribution >= 0.6 is 0 Å². The molecule has 0 fully saturated rings. The number of hydrogen-bond acceptors (Lipinski definition) is 3. The van der Waals surface area contributed by atoms with Crippen LogP contribution in [-0.4, -0.2) is 19.7 Å². The fourth-order valence-electron chi connectivity index (χ4n) is 0.387. The zero-order valence-corrected chi connectivity index (χ0v) is 6.18. The van der Waals surface area contributed by atoms with E-state index in [4.69, 9.17) is 10.6 Å². The third-order valence-corrected chi connectivity index (χ3v) is 1.08. The molecule has 56 valence electrons. The summed E-state index contributed by atoms with van der Waals surface area (Å²) in [6.07, 6.45) is 0. The van der Waals surface area contributed by atoms with E-state index in [0.717, 1.165) is 6.54 Å². The van der Waals surface area contributed by atoms with Crippen LogP contribution in [0.25, 0.3) is 0 Å². The number of rotatable bonds is 5. The van der Waals surface area contributed by atoms with Crippen molar-refractivity contribution >= 4 is 0 Å². The van der Waals surface area contributed by atoms with Crippen molar-refractivity contribution < 1.29 is 4.84 Å². The molecule has 0 aromatic heterocycles. The largest absolute Gasteiger partial charge is 0.330 e. The van der Waals surface area contributed by atoms with Crippen LogP contribution in [0.15, 0.2) is 0 Å². The van der Waals surface area contributed by atoms with Crippen molar-refractivity contribution in [2.45, 2.75) is 13.8 Å². The summed E-state index contributed by atoms with van der Waals surface area (Å²) < 4.78 is 0. The fourth-order valence-corrected chi connectivity index (χ4v) is 0.387. The van der Waals surface area contributed by atoms with Crippen molar-refractivity contribution in [2.24, 2.45) is 11.7 Å². The molecule has 0 aromatic rings. The lowest BCUT2D eigenvalue weighted by Gasteiger charge is -2.07. The topological polar surface area (TPSA) is 47.3 Å². The second-order valence-corrected chi connectivity index (χ2v) is 2.12. The second kappa shape index (κ2) is 6.01. The Morgan fingerprint density at radius 1 is 1.67 bits per heavy atom. The zero-order valence-electron chi connectivity index (χ0n) is 6.18. The van der Waals surface area contributed by atoms with Crippen molar-refractivity contribution in [3.63, 3.8) is 0 Å². The Morgan fingerprint density at radius 3 is 2.78 bits per heavy atom. The van der Waals surface area contributed by atoms with Gasteiger partial charge >= 0.3 is 0 Å². The highest BCUT2D eigenvalue weighted by atomic mass is 16.6. The lowest BCUT2D eigenvalue weighted by molar-refractivity contribution is 0.0436. The molecule has 0 aliphatic heterocycles. The van der Waals surface area contributed by atoms with Crippen molar-refractivity contribution in [2.75, 3.05) is 19.7 Å². The summed E-state index contributed by atoms with van der Waals surface area (Å²) >= 11 is 0. The van der Waals surface area contributed by atoms with Crippen LogP contribution in [0.1, 0.15) is 13.8 Å². The molecule has 3 nitrogen and oxygen atoms in total. The van der Waals surface area contributed by atoms with Crippen LogP contribution in [0, 0.1) is 5.92 Å². The van der Waals surface area contributed by atoms with Crippen LogP contribution in [0.5, 0.6) is 0 Å². The molecule has 0 heterocycles. The maximum Gasteiger partial charge on any atom is 0.0653 e. The first-order chi connectivity index (χ1) is 4.31. The van der Waals surface area contributed by atoms with E-state index in [1.54, 1.807) is 0 Å². The van der Waals surface area contributed by atoms with Crippen LogP contribution in [0.4, 0.5) is 0 Å². The van der Waals surface area contributed by atoms with Crippen LogP contribution in [-0.2, 0) is 4.84 Å². The molecule has 0 saturated heterocycles. The molecule has 0 aliphatic carbocycles. The fraction of sp³-hybridized carbons (Fsp3) is 1.00. The maximum absolute atomic E-state index is 5.36. The van der Waals surface area contributed by atoms with E-state index in [9.17, 15) is 0 Å². The van der Waals surface area contributed by atoms with E-state index in [1.165, 1.54) is 0 Å². The summed E-state index contributed by atoms with van der Waals surface area (Å²) in [6.45, 7) is 6.27. The first-order valence-corrected chi connectivity index (χ1v) is 3.36. The SMILES string of the molecule is CCONCC(C)CN. The van der Waals surface area contributed by atoms with Gasteiger partial charge in [-0.05, 0) is 19.4 Å². The Balaban J connectivity index is 2.88. The molecule has 0 bridgehead atoms. The van der Waals surface area contributed by atoms with Gasteiger partial charge in [0.1, 0.15) is 0 Å². The molecule has 3 heteroatoms. The molecule has 0 rings (SSSR count). The van der Waals surface area contributed by atoms with E-state index < -0.39 is 0 Å². The van der Waals surface area contributed by atoms with Crippen molar-refractivity contribution in [1.29, 1.82) is 0 Å². The maximum atomic E-state index is 5.36. The minimum atomic E-state index is 0.497. The molecule has 3 N–H and O–H groups in total. The molecule has 0 aliphatic rings. The molecule has 0 saturated carbocycles. The highest BCUT2D eigenvalue weighted by molar-refractivity contribution is 4.51. The summed E-state index contributed by atoms with van der Waals surface area (Å²) in [5.74, 6) is 0.497. The Bertz CT molecular complexity index is 59.0. The van der Waals surface area contributed by atoms with Gasteiger partial charge in [0.15, 0.2) is 0 Å². The number of nitrogens with two attached hydrogens (primary N) is 1. The van der Waals surface area contributed by atoms with E-state index in [0.29, 0.717) is 19.1 Å². The minimum absolute atomic E-state index is 0.497. The molecule has 0 aromatic carbocycles. The van der Waals surface area contributed by atoms with E-state index in [-0.39, 0.29) is 0 Å². The first kappa shape index (κ1) is 8.88. The smallest absolute Gasteiger partial charge is 0.0653 e. The summed E-state index contributed by atoms with van der Waals surface area (Å²) in [6, 6.07) is 0. The standard InChI is InChI=1S/C6H16N2O/c1-3-9-8-5-6(2)4-7/h6,8H,3-5,7H2,1-2H3. The summed E-state index contributed by atoms with van der Waals surface area (Å²) in [5, 5.41) is 0. The van der Waals surface area contributed by atoms with Gasteiger partial charge < -0.3 is 10.6 Å². The quantitative estimate of drug-likeness (QED) is 0.412. The van der Waals surface area contributed by atoms with E-state index in [2.05, 4.69) is 12.4 Å². The number of hydroxylamine groups is 1.